The first-order valence-corrected chi connectivity index (χ1v) is 7.54. The van der Waals surface area contributed by atoms with E-state index >= 15 is 0 Å². The highest BCUT2D eigenvalue weighted by atomic mass is 16.4. The molecule has 0 aromatic carbocycles. The van der Waals surface area contributed by atoms with Crippen molar-refractivity contribution >= 4 is 12.0 Å². The third-order valence-electron chi connectivity index (χ3n) is 4.29. The minimum Gasteiger partial charge on any atom is -0.481 e. The Labute approximate surface area is 121 Å². The van der Waals surface area contributed by atoms with Crippen LogP contribution in [0.3, 0.4) is 0 Å². The van der Waals surface area contributed by atoms with E-state index in [-0.39, 0.29) is 17.9 Å². The van der Waals surface area contributed by atoms with Gasteiger partial charge in [-0.3, -0.25) is 4.79 Å². The topological polar surface area (TPSA) is 69.6 Å². The third-order valence-corrected chi connectivity index (χ3v) is 4.29. The van der Waals surface area contributed by atoms with E-state index in [1.54, 1.807) is 0 Å². The Hall–Kier alpha value is -1.26. The van der Waals surface area contributed by atoms with E-state index in [1.165, 1.54) is 12.8 Å². The number of carbonyl (C=O) groups is 2. The molecule has 2 amide bonds. The molecular weight excluding hydrogens is 256 g/mol. The van der Waals surface area contributed by atoms with Crippen LogP contribution in [0.25, 0.3) is 0 Å². The molecule has 0 unspecified atom stereocenters. The Kier molecular flexibility index (Phi) is 6.30. The van der Waals surface area contributed by atoms with Crippen molar-refractivity contribution < 1.29 is 14.7 Å². The van der Waals surface area contributed by atoms with E-state index in [0.717, 1.165) is 19.3 Å². The highest BCUT2D eigenvalue weighted by molar-refractivity contribution is 5.74. The number of rotatable bonds is 7. The first-order chi connectivity index (χ1) is 9.32. The fourth-order valence-electron chi connectivity index (χ4n) is 2.66. The van der Waals surface area contributed by atoms with Crippen molar-refractivity contribution in [2.75, 3.05) is 13.6 Å². The summed E-state index contributed by atoms with van der Waals surface area (Å²) in [7, 11) is 1.86. The van der Waals surface area contributed by atoms with Crippen molar-refractivity contribution in [2.45, 2.75) is 64.8 Å². The van der Waals surface area contributed by atoms with Crippen molar-refractivity contribution in [3.8, 4) is 0 Å². The number of carboxylic acid groups (broad SMARTS) is 1. The SMILES string of the molecule is CN(C(=O)NCCC(C)(C)CCC(=O)O)C1CCCC1. The molecule has 0 aromatic rings. The van der Waals surface area contributed by atoms with Gasteiger partial charge in [0.1, 0.15) is 0 Å². The van der Waals surface area contributed by atoms with E-state index in [4.69, 9.17) is 5.11 Å². The molecule has 0 bridgehead atoms. The van der Waals surface area contributed by atoms with Crippen LogP contribution in [0.1, 0.15) is 58.8 Å². The Morgan fingerprint density at radius 3 is 2.40 bits per heavy atom. The van der Waals surface area contributed by atoms with Gasteiger partial charge in [0.15, 0.2) is 0 Å². The van der Waals surface area contributed by atoms with Crippen molar-refractivity contribution in [2.24, 2.45) is 5.41 Å². The second-order valence-corrected chi connectivity index (χ2v) is 6.59. The normalized spacial score (nSPS) is 16.1. The Morgan fingerprint density at radius 2 is 1.85 bits per heavy atom. The number of amides is 2. The second-order valence-electron chi connectivity index (χ2n) is 6.59. The molecule has 0 spiro atoms. The number of hydrogen-bond acceptors (Lipinski definition) is 2. The van der Waals surface area contributed by atoms with Gasteiger partial charge >= 0.3 is 12.0 Å². The van der Waals surface area contributed by atoms with Crippen molar-refractivity contribution in [3.05, 3.63) is 0 Å². The van der Waals surface area contributed by atoms with Gasteiger partial charge in [0.2, 0.25) is 0 Å². The maximum Gasteiger partial charge on any atom is 0.317 e. The average molecular weight is 284 g/mol. The Morgan fingerprint density at radius 1 is 1.25 bits per heavy atom. The molecule has 1 fully saturated rings. The summed E-state index contributed by atoms with van der Waals surface area (Å²) in [5.74, 6) is -0.761. The molecule has 1 rings (SSSR count). The standard InChI is InChI=1S/C15H28N2O3/c1-15(2,9-8-13(18)19)10-11-16-14(20)17(3)12-6-4-5-7-12/h12H,4-11H2,1-3H3,(H,16,20)(H,18,19). The smallest absolute Gasteiger partial charge is 0.317 e. The molecule has 0 saturated heterocycles. The van der Waals surface area contributed by atoms with E-state index in [9.17, 15) is 9.59 Å². The van der Waals surface area contributed by atoms with E-state index in [1.807, 2.05) is 25.8 Å². The number of urea groups is 1. The lowest BCUT2D eigenvalue weighted by atomic mass is 9.84. The van der Waals surface area contributed by atoms with Gasteiger partial charge in [-0.05, 0) is 31.1 Å². The van der Waals surface area contributed by atoms with Gasteiger partial charge in [-0.2, -0.15) is 0 Å². The summed E-state index contributed by atoms with van der Waals surface area (Å²) in [5.41, 5.74) is -0.0579. The highest BCUT2D eigenvalue weighted by Gasteiger charge is 2.24. The maximum absolute atomic E-state index is 12.0. The summed E-state index contributed by atoms with van der Waals surface area (Å²) in [6.45, 7) is 4.69. The first kappa shape index (κ1) is 16.8. The molecule has 0 aliphatic heterocycles. The molecule has 1 aliphatic rings. The van der Waals surface area contributed by atoms with E-state index < -0.39 is 5.97 Å². The zero-order valence-corrected chi connectivity index (χ0v) is 12.9. The largest absolute Gasteiger partial charge is 0.481 e. The van der Waals surface area contributed by atoms with Crippen LogP contribution in [0, 0.1) is 5.41 Å². The quantitative estimate of drug-likeness (QED) is 0.755. The lowest BCUT2D eigenvalue weighted by Crippen LogP contribution is -2.43. The lowest BCUT2D eigenvalue weighted by Gasteiger charge is -2.27. The molecule has 2 N–H and O–H groups in total. The molecule has 5 nitrogen and oxygen atoms in total. The van der Waals surface area contributed by atoms with Crippen LogP contribution in [-0.4, -0.2) is 41.6 Å². The summed E-state index contributed by atoms with van der Waals surface area (Å²) >= 11 is 0. The Bertz CT molecular complexity index is 336. The number of nitrogens with one attached hydrogen (secondary N) is 1. The molecule has 20 heavy (non-hydrogen) atoms. The highest BCUT2D eigenvalue weighted by Crippen LogP contribution is 2.26. The predicted molar refractivity (Wildman–Crippen MR) is 78.7 cm³/mol. The van der Waals surface area contributed by atoms with Crippen LogP contribution in [0.4, 0.5) is 4.79 Å². The van der Waals surface area contributed by atoms with Crippen LogP contribution >= 0.6 is 0 Å². The molecule has 0 aromatic heterocycles. The molecule has 5 heteroatoms. The van der Waals surface area contributed by atoms with Crippen molar-refractivity contribution in [3.63, 3.8) is 0 Å². The predicted octanol–water partition coefficient (Wildman–Crippen LogP) is 2.85. The summed E-state index contributed by atoms with van der Waals surface area (Å²) in [6, 6.07) is 0.376. The summed E-state index contributed by atoms with van der Waals surface area (Å²) in [4.78, 5) is 24.4. The molecule has 116 valence electrons. The third kappa shape index (κ3) is 5.80. The zero-order valence-electron chi connectivity index (χ0n) is 12.9. The van der Waals surface area contributed by atoms with Gasteiger partial charge in [0.05, 0.1) is 0 Å². The number of hydrogen-bond donors (Lipinski definition) is 2. The van der Waals surface area contributed by atoms with Crippen LogP contribution < -0.4 is 5.32 Å². The monoisotopic (exact) mass is 284 g/mol. The Balaban J connectivity index is 2.24. The number of aliphatic carboxylic acids is 1. The van der Waals surface area contributed by atoms with E-state index in [2.05, 4.69) is 5.32 Å². The van der Waals surface area contributed by atoms with Gasteiger partial charge in [0, 0.05) is 26.1 Å². The fourth-order valence-corrected chi connectivity index (χ4v) is 2.66. The van der Waals surface area contributed by atoms with Crippen molar-refractivity contribution in [1.82, 2.24) is 10.2 Å². The zero-order chi connectivity index (χ0) is 15.2. The van der Waals surface area contributed by atoms with Gasteiger partial charge in [-0.25, -0.2) is 4.79 Å². The second kappa shape index (κ2) is 7.50. The molecule has 0 heterocycles. The minimum atomic E-state index is -0.761. The summed E-state index contributed by atoms with van der Waals surface area (Å²) < 4.78 is 0. The summed E-state index contributed by atoms with van der Waals surface area (Å²) in [5, 5.41) is 11.7. The lowest BCUT2D eigenvalue weighted by molar-refractivity contribution is -0.137. The van der Waals surface area contributed by atoms with Crippen molar-refractivity contribution in [1.29, 1.82) is 0 Å². The van der Waals surface area contributed by atoms with E-state index in [0.29, 0.717) is 19.0 Å². The average Bonchev–Trinajstić information content (AvgIpc) is 2.89. The molecule has 1 saturated carbocycles. The number of carboxylic acids is 1. The molecule has 0 atom stereocenters. The van der Waals surface area contributed by atoms with Crippen LogP contribution in [0.5, 0.6) is 0 Å². The van der Waals surface area contributed by atoms with Crippen LogP contribution in [0.2, 0.25) is 0 Å². The summed E-state index contributed by atoms with van der Waals surface area (Å²) in [6.07, 6.45) is 6.25. The minimum absolute atomic E-state index is 0.00839. The first-order valence-electron chi connectivity index (χ1n) is 7.54. The van der Waals surface area contributed by atoms with Gasteiger partial charge in [0.25, 0.3) is 0 Å². The van der Waals surface area contributed by atoms with Gasteiger partial charge in [-0.1, -0.05) is 26.7 Å². The van der Waals surface area contributed by atoms with Gasteiger partial charge in [-0.15, -0.1) is 0 Å². The van der Waals surface area contributed by atoms with Gasteiger partial charge < -0.3 is 15.3 Å². The molecule has 0 radical (unpaired) electrons. The van der Waals surface area contributed by atoms with Crippen LogP contribution in [0.15, 0.2) is 0 Å². The maximum atomic E-state index is 12.0. The fraction of sp³-hybridized carbons (Fsp3) is 0.867. The molecular formula is C15H28N2O3. The van der Waals surface area contributed by atoms with Crippen LogP contribution in [-0.2, 0) is 4.79 Å². The number of nitrogens with zero attached hydrogens (tertiary/aromatic N) is 1. The molecule has 1 aliphatic carbocycles. The number of carbonyl (C=O) groups excluding carboxylic acids is 1.